The average Bonchev–Trinajstić information content (AvgIpc) is 3.55. The van der Waals surface area contributed by atoms with Gasteiger partial charge in [-0.3, -0.25) is 5.32 Å². The Morgan fingerprint density at radius 1 is 1.29 bits per heavy atom. The number of allylic oxidation sites excluding steroid dienone is 1. The van der Waals surface area contributed by atoms with Gasteiger partial charge in [-0.05, 0) is 18.9 Å². The van der Waals surface area contributed by atoms with Gasteiger partial charge in [-0.2, -0.15) is 46.4 Å². The highest BCUT2D eigenvalue weighted by molar-refractivity contribution is 6.08. The molecule has 202 valence electrons. The summed E-state index contributed by atoms with van der Waals surface area (Å²) in [6, 6.07) is 4.97. The van der Waals surface area contributed by atoms with Gasteiger partial charge >= 0.3 is 18.7 Å². The Bertz CT molecular complexity index is 1340. The lowest BCUT2D eigenvalue weighted by molar-refractivity contribution is -0.291. The Kier molecular flexibility index (Phi) is 7.66. The molecule has 0 bridgehead atoms. The number of aromatic nitrogens is 3. The maximum atomic E-state index is 13.9. The van der Waals surface area contributed by atoms with E-state index in [0.29, 0.717) is 23.7 Å². The van der Waals surface area contributed by atoms with E-state index in [1.165, 1.54) is 6.07 Å². The summed E-state index contributed by atoms with van der Waals surface area (Å²) >= 11 is 0. The normalized spacial score (nSPS) is 15.9. The molecular formula is C21H17F7N8O2. The van der Waals surface area contributed by atoms with Gasteiger partial charge in [-0.1, -0.05) is 0 Å². The fraction of sp³-hybridized carbons (Fsp3) is 0.381. The maximum absolute atomic E-state index is 13.9. The number of halogens is 7. The Morgan fingerprint density at radius 2 is 1.95 bits per heavy atom. The summed E-state index contributed by atoms with van der Waals surface area (Å²) in [4.78, 5) is 3.87. The standard InChI is InChI=1S/C21H17F7N8O2/c1-36-16(14(38-18(22)23)15(35-36)20(24,25)21(26,27)28)33-8-11(5-29)10-4-12(13(6-30)32-7-10)17(37)34-19(9-31)2-3-19/h4-5,7-8,17-18,29,33-34,37H,2-3H2,1H3/b11-8+,29-5?. The van der Waals surface area contributed by atoms with Crippen molar-refractivity contribution in [3.8, 4) is 17.9 Å². The molecule has 0 aromatic carbocycles. The fourth-order valence-electron chi connectivity index (χ4n) is 3.25. The predicted molar refractivity (Wildman–Crippen MR) is 115 cm³/mol. The third kappa shape index (κ3) is 5.53. The van der Waals surface area contributed by atoms with Crippen molar-refractivity contribution in [1.29, 1.82) is 15.9 Å². The molecule has 3 rings (SSSR count). The second kappa shape index (κ2) is 10.3. The number of aliphatic hydroxyl groups is 1. The van der Waals surface area contributed by atoms with E-state index < -0.39 is 47.7 Å². The van der Waals surface area contributed by atoms with E-state index in [1.54, 1.807) is 6.07 Å². The van der Waals surface area contributed by atoms with Crippen LogP contribution in [0, 0.1) is 28.1 Å². The zero-order valence-electron chi connectivity index (χ0n) is 19.1. The number of anilines is 1. The van der Waals surface area contributed by atoms with Crippen molar-refractivity contribution in [2.45, 2.75) is 43.3 Å². The van der Waals surface area contributed by atoms with Gasteiger partial charge in [0.25, 0.3) is 0 Å². The SMILES string of the molecule is Cn1nc(C(F)(F)C(F)(F)F)c(OC(F)F)c1N/C=C(\C=N)c1cnc(C#N)c(C(O)NC2(C#N)CC2)c1. The van der Waals surface area contributed by atoms with Crippen LogP contribution in [0.25, 0.3) is 5.57 Å². The topological polar surface area (TPSA) is 156 Å². The van der Waals surface area contributed by atoms with Crippen LogP contribution in [-0.2, 0) is 13.0 Å². The van der Waals surface area contributed by atoms with Crippen molar-refractivity contribution in [2.24, 2.45) is 7.05 Å². The van der Waals surface area contributed by atoms with Crippen LogP contribution in [0.15, 0.2) is 18.5 Å². The molecule has 4 N–H and O–H groups in total. The van der Waals surface area contributed by atoms with Gasteiger partial charge in [0.15, 0.2) is 17.3 Å². The summed E-state index contributed by atoms with van der Waals surface area (Å²) in [6.45, 7) is -3.78. The molecule has 0 amide bonds. The molecule has 10 nitrogen and oxygen atoms in total. The van der Waals surface area contributed by atoms with Gasteiger partial charge in [-0.15, -0.1) is 0 Å². The number of pyridine rings is 1. The second-order valence-electron chi connectivity index (χ2n) is 8.00. The number of nitriles is 2. The molecule has 38 heavy (non-hydrogen) atoms. The van der Waals surface area contributed by atoms with E-state index in [0.717, 1.165) is 19.4 Å². The van der Waals surface area contributed by atoms with Gasteiger partial charge in [0.1, 0.15) is 23.5 Å². The van der Waals surface area contributed by atoms with Crippen LogP contribution in [0.1, 0.15) is 41.6 Å². The molecule has 0 radical (unpaired) electrons. The Balaban J connectivity index is 2.01. The third-order valence-corrected chi connectivity index (χ3v) is 5.41. The highest BCUT2D eigenvalue weighted by Crippen LogP contribution is 2.49. The van der Waals surface area contributed by atoms with Crippen molar-refractivity contribution >= 4 is 17.6 Å². The Hall–Kier alpha value is -4.22. The molecule has 1 saturated carbocycles. The summed E-state index contributed by atoms with van der Waals surface area (Å²) in [7, 11) is 0.890. The monoisotopic (exact) mass is 546 g/mol. The number of nitrogens with one attached hydrogen (secondary N) is 3. The maximum Gasteiger partial charge on any atom is 0.459 e. The first-order valence-electron chi connectivity index (χ1n) is 10.4. The van der Waals surface area contributed by atoms with E-state index in [2.05, 4.69) is 25.5 Å². The lowest BCUT2D eigenvalue weighted by Gasteiger charge is -2.19. The number of rotatable bonds is 10. The molecule has 0 aliphatic heterocycles. The minimum Gasteiger partial charge on any atom is -0.429 e. The van der Waals surface area contributed by atoms with Gasteiger partial charge in [-0.25, -0.2) is 9.67 Å². The van der Waals surface area contributed by atoms with E-state index in [4.69, 9.17) is 5.41 Å². The van der Waals surface area contributed by atoms with E-state index in [9.17, 15) is 46.4 Å². The van der Waals surface area contributed by atoms with Crippen molar-refractivity contribution in [3.05, 3.63) is 41.0 Å². The third-order valence-electron chi connectivity index (χ3n) is 5.41. The van der Waals surface area contributed by atoms with Crippen LogP contribution in [0.3, 0.4) is 0 Å². The molecule has 2 aromatic heterocycles. The Morgan fingerprint density at radius 3 is 2.45 bits per heavy atom. The van der Waals surface area contributed by atoms with Crippen LogP contribution in [-0.4, -0.2) is 44.4 Å². The number of ether oxygens (including phenoxy) is 1. The number of nitrogens with zero attached hydrogens (tertiary/aromatic N) is 5. The van der Waals surface area contributed by atoms with Crippen molar-refractivity contribution in [1.82, 2.24) is 20.1 Å². The average molecular weight is 546 g/mol. The minimum atomic E-state index is -6.17. The second-order valence-corrected chi connectivity index (χ2v) is 8.00. The van der Waals surface area contributed by atoms with E-state index in [-0.39, 0.29) is 22.4 Å². The lowest BCUT2D eigenvalue weighted by Crippen LogP contribution is -2.34. The summed E-state index contributed by atoms with van der Waals surface area (Å²) < 4.78 is 96.7. The number of aryl methyl sites for hydroxylation is 1. The largest absolute Gasteiger partial charge is 0.459 e. The summed E-state index contributed by atoms with van der Waals surface area (Å²) in [5.74, 6) is -8.04. The van der Waals surface area contributed by atoms with Crippen molar-refractivity contribution < 1.29 is 40.6 Å². The van der Waals surface area contributed by atoms with Crippen molar-refractivity contribution in [3.63, 3.8) is 0 Å². The predicted octanol–water partition coefficient (Wildman–Crippen LogP) is 3.68. The first-order chi connectivity index (χ1) is 17.7. The summed E-state index contributed by atoms with van der Waals surface area (Å²) in [5, 5.41) is 44.6. The van der Waals surface area contributed by atoms with Gasteiger partial charge in [0, 0.05) is 42.4 Å². The van der Waals surface area contributed by atoms with Crippen LogP contribution in [0.4, 0.5) is 36.6 Å². The highest BCUT2D eigenvalue weighted by atomic mass is 19.4. The van der Waals surface area contributed by atoms with E-state index >= 15 is 0 Å². The smallest absolute Gasteiger partial charge is 0.429 e. The molecule has 1 fully saturated rings. The number of alkyl halides is 7. The van der Waals surface area contributed by atoms with Crippen LogP contribution in [0.2, 0.25) is 0 Å². The molecular weight excluding hydrogens is 529 g/mol. The van der Waals surface area contributed by atoms with Crippen LogP contribution >= 0.6 is 0 Å². The quantitative estimate of drug-likeness (QED) is 0.200. The molecule has 2 aromatic rings. The van der Waals surface area contributed by atoms with Crippen molar-refractivity contribution in [2.75, 3.05) is 5.32 Å². The number of aliphatic hydroxyl groups excluding tert-OH is 1. The lowest BCUT2D eigenvalue weighted by atomic mass is 10.0. The molecule has 17 heteroatoms. The molecule has 1 atom stereocenters. The fourth-order valence-corrected chi connectivity index (χ4v) is 3.25. The van der Waals surface area contributed by atoms with E-state index in [1.807, 2.05) is 6.07 Å². The summed E-state index contributed by atoms with van der Waals surface area (Å²) in [5.41, 5.74) is -3.48. The van der Waals surface area contributed by atoms with Gasteiger partial charge in [0.05, 0.1) is 6.07 Å². The van der Waals surface area contributed by atoms with Crippen LogP contribution in [0.5, 0.6) is 5.75 Å². The molecule has 0 saturated heterocycles. The molecule has 1 aliphatic carbocycles. The first kappa shape index (κ1) is 28.4. The number of hydrogen-bond donors (Lipinski definition) is 4. The van der Waals surface area contributed by atoms with Crippen LogP contribution < -0.4 is 15.4 Å². The highest BCUT2D eigenvalue weighted by Gasteiger charge is 2.62. The first-order valence-corrected chi connectivity index (χ1v) is 10.4. The zero-order valence-corrected chi connectivity index (χ0v) is 19.1. The molecule has 1 unspecified atom stereocenters. The molecule has 0 spiro atoms. The summed E-state index contributed by atoms with van der Waals surface area (Å²) in [6.07, 6.45) is -4.13. The van der Waals surface area contributed by atoms with Gasteiger partial charge in [0.2, 0.25) is 0 Å². The number of hydrogen-bond acceptors (Lipinski definition) is 9. The van der Waals surface area contributed by atoms with Gasteiger partial charge < -0.3 is 20.6 Å². The minimum absolute atomic E-state index is 0.0449. The zero-order chi connectivity index (χ0) is 28.5. The molecule has 2 heterocycles. The Labute approximate surface area is 209 Å². The molecule has 1 aliphatic rings.